The number of halogens is 5. The molecular formula is C19H16Cl2F3NO4. The van der Waals surface area contributed by atoms with Crippen LogP contribution in [-0.4, -0.2) is 30.1 Å². The van der Waals surface area contributed by atoms with Crippen LogP contribution in [0.3, 0.4) is 0 Å². The van der Waals surface area contributed by atoms with Gasteiger partial charge in [-0.15, -0.1) is 0 Å². The van der Waals surface area contributed by atoms with Crippen LogP contribution >= 0.6 is 23.2 Å². The van der Waals surface area contributed by atoms with Gasteiger partial charge in [0.05, 0.1) is 12.7 Å². The molecule has 5 nitrogen and oxygen atoms in total. The fourth-order valence-electron chi connectivity index (χ4n) is 2.50. The van der Waals surface area contributed by atoms with E-state index in [1.807, 2.05) is 0 Å². The average Bonchev–Trinajstić information content (AvgIpc) is 2.67. The molecule has 2 atom stereocenters. The van der Waals surface area contributed by atoms with Crippen molar-refractivity contribution in [2.45, 2.75) is 24.7 Å². The Kier molecular flexibility index (Phi) is 7.51. The number of carbonyl (C=O) groups is 2. The van der Waals surface area contributed by atoms with Gasteiger partial charge in [-0.2, -0.15) is 13.2 Å². The molecule has 2 aromatic carbocycles. The second-order valence-corrected chi connectivity index (χ2v) is 6.89. The molecule has 29 heavy (non-hydrogen) atoms. The molecule has 0 aromatic heterocycles. The fourth-order valence-corrected chi connectivity index (χ4v) is 2.98. The van der Waals surface area contributed by atoms with Gasteiger partial charge >= 0.3 is 12.1 Å². The minimum Gasteiger partial charge on any atom is -0.467 e. The fraction of sp³-hybridized carbons (Fsp3) is 0.263. The number of hydrogen-bond acceptors (Lipinski definition) is 4. The molecule has 0 unspecified atom stereocenters. The molecular weight excluding hydrogens is 434 g/mol. The van der Waals surface area contributed by atoms with Crippen LogP contribution in [0, 0.1) is 0 Å². The maximum absolute atomic E-state index is 12.6. The van der Waals surface area contributed by atoms with E-state index in [0.29, 0.717) is 10.6 Å². The molecule has 0 bridgehead atoms. The number of amides is 1. The smallest absolute Gasteiger partial charge is 0.416 e. The Bertz CT molecular complexity index is 888. The lowest BCUT2D eigenvalue weighted by atomic mass is 10.0. The highest BCUT2D eigenvalue weighted by Crippen LogP contribution is 2.30. The van der Waals surface area contributed by atoms with Gasteiger partial charge in [-0.25, -0.2) is 4.79 Å². The number of esters is 1. The lowest BCUT2D eigenvalue weighted by Crippen LogP contribution is -2.45. The number of benzene rings is 2. The lowest BCUT2D eigenvalue weighted by Gasteiger charge is -2.20. The van der Waals surface area contributed by atoms with Gasteiger partial charge in [0.15, 0.2) is 6.10 Å². The van der Waals surface area contributed by atoms with Crippen molar-refractivity contribution in [2.75, 3.05) is 7.11 Å². The summed E-state index contributed by atoms with van der Waals surface area (Å²) < 4.78 is 42.6. The molecule has 0 saturated heterocycles. The SMILES string of the molecule is COC(=O)[C@H](Cc1ccc(Cl)cc1Cl)NC(=O)[C@H](O)c1ccc(C(F)(F)F)cc1. The topological polar surface area (TPSA) is 75.6 Å². The molecule has 2 N–H and O–H groups in total. The van der Waals surface area contributed by atoms with E-state index in [4.69, 9.17) is 23.2 Å². The molecule has 0 aliphatic carbocycles. The summed E-state index contributed by atoms with van der Waals surface area (Å²) in [6, 6.07) is 6.86. The third kappa shape index (κ3) is 6.09. The zero-order chi connectivity index (χ0) is 21.8. The van der Waals surface area contributed by atoms with Crippen LogP contribution in [0.2, 0.25) is 10.0 Å². The van der Waals surface area contributed by atoms with Crippen LogP contribution in [0.5, 0.6) is 0 Å². The Morgan fingerprint density at radius 3 is 2.28 bits per heavy atom. The van der Waals surface area contributed by atoms with E-state index in [9.17, 15) is 27.9 Å². The third-order valence-electron chi connectivity index (χ3n) is 4.04. The van der Waals surface area contributed by atoms with E-state index in [-0.39, 0.29) is 17.0 Å². The van der Waals surface area contributed by atoms with Crippen molar-refractivity contribution in [1.29, 1.82) is 0 Å². The normalized spacial score (nSPS) is 13.5. The highest BCUT2D eigenvalue weighted by atomic mass is 35.5. The van der Waals surface area contributed by atoms with Crippen molar-refractivity contribution in [3.05, 3.63) is 69.2 Å². The molecule has 2 aromatic rings. The number of carbonyl (C=O) groups excluding carboxylic acids is 2. The predicted molar refractivity (Wildman–Crippen MR) is 101 cm³/mol. The molecule has 0 heterocycles. The molecule has 0 radical (unpaired) electrons. The number of aliphatic hydroxyl groups is 1. The summed E-state index contributed by atoms with van der Waals surface area (Å²) >= 11 is 11.9. The van der Waals surface area contributed by atoms with Gasteiger partial charge in [0, 0.05) is 16.5 Å². The number of nitrogens with one attached hydrogen (secondary N) is 1. The maximum Gasteiger partial charge on any atom is 0.416 e. The van der Waals surface area contributed by atoms with E-state index in [1.165, 1.54) is 6.07 Å². The summed E-state index contributed by atoms with van der Waals surface area (Å²) in [5, 5.41) is 13.1. The van der Waals surface area contributed by atoms with Crippen molar-refractivity contribution in [3.8, 4) is 0 Å². The summed E-state index contributed by atoms with van der Waals surface area (Å²) in [5.41, 5.74) is -0.488. The molecule has 0 saturated carbocycles. The van der Waals surface area contributed by atoms with Crippen LogP contribution < -0.4 is 5.32 Å². The summed E-state index contributed by atoms with van der Waals surface area (Å²) in [6.45, 7) is 0. The van der Waals surface area contributed by atoms with E-state index in [0.717, 1.165) is 31.4 Å². The van der Waals surface area contributed by atoms with Crippen LogP contribution in [0.4, 0.5) is 13.2 Å². The van der Waals surface area contributed by atoms with Crippen molar-refractivity contribution in [1.82, 2.24) is 5.32 Å². The van der Waals surface area contributed by atoms with Gasteiger partial charge in [0.2, 0.25) is 0 Å². The quantitative estimate of drug-likeness (QED) is 0.654. The van der Waals surface area contributed by atoms with Gasteiger partial charge in [-0.1, -0.05) is 41.4 Å². The van der Waals surface area contributed by atoms with E-state index in [2.05, 4.69) is 10.1 Å². The second kappa shape index (κ2) is 9.47. The first-order valence-corrected chi connectivity index (χ1v) is 8.96. The van der Waals surface area contributed by atoms with Crippen molar-refractivity contribution in [2.24, 2.45) is 0 Å². The zero-order valence-electron chi connectivity index (χ0n) is 15.0. The Hall–Kier alpha value is -2.29. The Morgan fingerprint density at radius 2 is 1.76 bits per heavy atom. The van der Waals surface area contributed by atoms with Crippen LogP contribution in [0.15, 0.2) is 42.5 Å². The van der Waals surface area contributed by atoms with Crippen LogP contribution in [-0.2, 0) is 26.9 Å². The van der Waals surface area contributed by atoms with Crippen LogP contribution in [0.1, 0.15) is 22.8 Å². The monoisotopic (exact) mass is 449 g/mol. The molecule has 1 amide bonds. The van der Waals surface area contributed by atoms with Crippen molar-refractivity contribution < 1.29 is 32.6 Å². The number of rotatable bonds is 6. The first-order chi connectivity index (χ1) is 13.5. The van der Waals surface area contributed by atoms with E-state index >= 15 is 0 Å². The Labute approximate surface area is 174 Å². The molecule has 0 aliphatic rings. The Balaban J connectivity index is 2.15. The minimum atomic E-state index is -4.54. The standard InChI is InChI=1S/C19H16Cl2F3NO4/c1-29-18(28)15(8-11-4-7-13(20)9-14(11)21)25-17(27)16(26)10-2-5-12(6-3-10)19(22,23)24/h2-7,9,15-16,26H,8H2,1H3,(H,25,27)/t15-,16+/m0/s1. The predicted octanol–water partition coefficient (Wildman–Crippen LogP) is 3.95. The lowest BCUT2D eigenvalue weighted by molar-refractivity contribution is -0.146. The summed E-state index contributed by atoms with van der Waals surface area (Å²) in [7, 11) is 1.12. The van der Waals surface area contributed by atoms with Gasteiger partial charge in [0.25, 0.3) is 5.91 Å². The summed E-state index contributed by atoms with van der Waals surface area (Å²) in [4.78, 5) is 24.4. The number of alkyl halides is 3. The van der Waals surface area contributed by atoms with Gasteiger partial charge in [0.1, 0.15) is 6.04 Å². The molecule has 10 heteroatoms. The number of aliphatic hydroxyl groups excluding tert-OH is 1. The van der Waals surface area contributed by atoms with Crippen molar-refractivity contribution >= 4 is 35.1 Å². The molecule has 0 fully saturated rings. The molecule has 0 spiro atoms. The molecule has 156 valence electrons. The van der Waals surface area contributed by atoms with Crippen LogP contribution in [0.25, 0.3) is 0 Å². The highest BCUT2D eigenvalue weighted by Gasteiger charge is 2.31. The first-order valence-electron chi connectivity index (χ1n) is 8.20. The summed E-state index contributed by atoms with van der Waals surface area (Å²) in [6.07, 6.45) is -6.38. The zero-order valence-corrected chi connectivity index (χ0v) is 16.5. The largest absolute Gasteiger partial charge is 0.467 e. The average molecular weight is 450 g/mol. The number of methoxy groups -OCH3 is 1. The highest BCUT2D eigenvalue weighted by molar-refractivity contribution is 6.35. The summed E-state index contributed by atoms with van der Waals surface area (Å²) in [5.74, 6) is -1.77. The van der Waals surface area contributed by atoms with E-state index < -0.39 is 35.8 Å². The first kappa shape index (κ1) is 23.0. The third-order valence-corrected chi connectivity index (χ3v) is 4.63. The number of hydrogen-bond donors (Lipinski definition) is 2. The Morgan fingerprint density at radius 1 is 1.14 bits per heavy atom. The van der Waals surface area contributed by atoms with Gasteiger partial charge in [-0.05, 0) is 35.4 Å². The number of ether oxygens (including phenoxy) is 1. The van der Waals surface area contributed by atoms with Crippen molar-refractivity contribution in [3.63, 3.8) is 0 Å². The van der Waals surface area contributed by atoms with Gasteiger partial charge in [-0.3, -0.25) is 4.79 Å². The molecule has 0 aliphatic heterocycles. The van der Waals surface area contributed by atoms with Gasteiger partial charge < -0.3 is 15.2 Å². The maximum atomic E-state index is 12.6. The molecule has 2 rings (SSSR count). The second-order valence-electron chi connectivity index (χ2n) is 6.05. The van der Waals surface area contributed by atoms with E-state index in [1.54, 1.807) is 12.1 Å². The minimum absolute atomic E-state index is 0.0475.